The molecule has 0 spiro atoms. The molecule has 1 amide bonds. The Kier molecular flexibility index (Phi) is 9.05. The number of halogens is 2. The Bertz CT molecular complexity index is 685. The molecule has 1 aliphatic heterocycles. The zero-order valence-electron chi connectivity index (χ0n) is 16.8. The Labute approximate surface area is 194 Å². The van der Waals surface area contributed by atoms with Crippen molar-refractivity contribution in [2.45, 2.75) is 43.9 Å². The lowest BCUT2D eigenvalue weighted by molar-refractivity contribution is -0.121. The van der Waals surface area contributed by atoms with Crippen LogP contribution in [0.5, 0.6) is 0 Å². The molecular weight excluding hydrogens is 531 g/mol. The third-order valence-electron chi connectivity index (χ3n) is 6.21. The largest absolute Gasteiger partial charge is 0.359 e. The number of hydrogen-bond acceptors (Lipinski definition) is 2. The van der Waals surface area contributed by atoms with Gasteiger partial charge in [-0.3, -0.25) is 9.79 Å². The molecule has 1 aliphatic carbocycles. The van der Waals surface area contributed by atoms with Crippen molar-refractivity contribution in [1.29, 1.82) is 0 Å². The first-order chi connectivity index (χ1) is 13.1. The summed E-state index contributed by atoms with van der Waals surface area (Å²) in [5.41, 5.74) is 1.63. The maximum atomic E-state index is 11.6. The number of nitrogens with one attached hydrogen (secondary N) is 2. The third-order valence-corrected chi connectivity index (χ3v) is 6.70. The molecule has 0 atom stereocenters. The fourth-order valence-corrected chi connectivity index (χ4v) is 4.68. The van der Waals surface area contributed by atoms with Crippen molar-refractivity contribution >= 4 is 51.8 Å². The summed E-state index contributed by atoms with van der Waals surface area (Å²) in [6.07, 6.45) is 6.47. The number of likely N-dealkylation sites (tertiary alicyclic amines) is 1. The highest BCUT2D eigenvalue weighted by atomic mass is 127. The van der Waals surface area contributed by atoms with E-state index in [1.807, 2.05) is 7.05 Å². The summed E-state index contributed by atoms with van der Waals surface area (Å²) < 4.78 is 1.15. The second kappa shape index (κ2) is 10.8. The van der Waals surface area contributed by atoms with Gasteiger partial charge in [-0.25, -0.2) is 0 Å². The number of benzene rings is 1. The SMILES string of the molecule is CN=C(NCC1(c2cccc(Br)c2)CCC1)N1CCC(CC(=O)NC)CC1.I. The minimum absolute atomic E-state index is 0. The predicted molar refractivity (Wildman–Crippen MR) is 129 cm³/mol. The molecule has 1 saturated carbocycles. The van der Waals surface area contributed by atoms with Crippen molar-refractivity contribution in [1.82, 2.24) is 15.5 Å². The second-order valence-electron chi connectivity index (χ2n) is 7.85. The minimum Gasteiger partial charge on any atom is -0.359 e. The van der Waals surface area contributed by atoms with E-state index in [1.165, 1.54) is 24.8 Å². The van der Waals surface area contributed by atoms with Crippen molar-refractivity contribution in [2.75, 3.05) is 33.7 Å². The van der Waals surface area contributed by atoms with Crippen LogP contribution in [0.4, 0.5) is 0 Å². The molecule has 1 aromatic carbocycles. The van der Waals surface area contributed by atoms with Crippen LogP contribution < -0.4 is 10.6 Å². The lowest BCUT2D eigenvalue weighted by Gasteiger charge is -2.44. The molecule has 2 fully saturated rings. The molecule has 2 N–H and O–H groups in total. The van der Waals surface area contributed by atoms with Crippen molar-refractivity contribution in [3.05, 3.63) is 34.3 Å². The Morgan fingerprint density at radius 1 is 1.32 bits per heavy atom. The number of carbonyl (C=O) groups excluding carboxylic acids is 1. The number of guanidine groups is 1. The van der Waals surface area contributed by atoms with Gasteiger partial charge in [-0.1, -0.05) is 34.5 Å². The molecule has 2 aliphatic rings. The Morgan fingerprint density at radius 3 is 2.57 bits per heavy atom. The highest BCUT2D eigenvalue weighted by Crippen LogP contribution is 2.43. The maximum Gasteiger partial charge on any atom is 0.220 e. The summed E-state index contributed by atoms with van der Waals surface area (Å²) in [5.74, 6) is 1.63. The zero-order chi connectivity index (χ0) is 19.3. The van der Waals surface area contributed by atoms with Gasteiger partial charge in [0.15, 0.2) is 5.96 Å². The summed E-state index contributed by atoms with van der Waals surface area (Å²) in [6, 6.07) is 8.73. The summed E-state index contributed by atoms with van der Waals surface area (Å²) >= 11 is 3.61. The molecular formula is C21H32BrIN4O. The fraction of sp³-hybridized carbons (Fsp3) is 0.619. The van der Waals surface area contributed by atoms with E-state index < -0.39 is 0 Å². The topological polar surface area (TPSA) is 56.7 Å². The molecule has 28 heavy (non-hydrogen) atoms. The van der Waals surface area contributed by atoms with Crippen LogP contribution in [-0.2, 0) is 10.2 Å². The quantitative estimate of drug-likeness (QED) is 0.325. The number of aliphatic imine (C=N–C) groups is 1. The Balaban J connectivity index is 0.00000280. The summed E-state index contributed by atoms with van der Waals surface area (Å²) in [4.78, 5) is 18.5. The van der Waals surface area contributed by atoms with Crippen molar-refractivity contribution < 1.29 is 4.79 Å². The van der Waals surface area contributed by atoms with E-state index >= 15 is 0 Å². The van der Waals surface area contributed by atoms with E-state index in [4.69, 9.17) is 0 Å². The molecule has 0 radical (unpaired) electrons. The summed E-state index contributed by atoms with van der Waals surface area (Å²) in [5, 5.41) is 6.38. The van der Waals surface area contributed by atoms with Crippen molar-refractivity contribution in [2.24, 2.45) is 10.9 Å². The fourth-order valence-electron chi connectivity index (χ4n) is 4.28. The standard InChI is InChI=1S/C21H31BrN4O.HI/c1-23-19(27)13-16-7-11-26(12-8-16)20(24-2)25-15-21(9-4-10-21)17-5-3-6-18(22)14-17;/h3,5-6,14,16H,4,7-13,15H2,1-2H3,(H,23,27)(H,24,25);1H. The van der Waals surface area contributed by atoms with Crippen LogP contribution >= 0.6 is 39.9 Å². The number of carbonyl (C=O) groups is 1. The van der Waals surface area contributed by atoms with E-state index in [-0.39, 0.29) is 35.3 Å². The molecule has 1 saturated heterocycles. The van der Waals surface area contributed by atoms with Crippen LogP contribution in [0.3, 0.4) is 0 Å². The number of rotatable bonds is 5. The summed E-state index contributed by atoms with van der Waals surface area (Å²) in [6.45, 7) is 2.85. The molecule has 1 aromatic rings. The molecule has 0 aromatic heterocycles. The average Bonchev–Trinajstić information content (AvgIpc) is 2.65. The van der Waals surface area contributed by atoms with Gasteiger partial charge in [0.1, 0.15) is 0 Å². The predicted octanol–water partition coefficient (Wildman–Crippen LogP) is 3.91. The molecule has 5 nitrogen and oxygen atoms in total. The van der Waals surface area contributed by atoms with Crippen LogP contribution in [-0.4, -0.2) is 50.5 Å². The van der Waals surface area contributed by atoms with E-state index in [1.54, 1.807) is 7.05 Å². The van der Waals surface area contributed by atoms with Gasteiger partial charge >= 0.3 is 0 Å². The van der Waals surface area contributed by atoms with E-state index in [2.05, 4.69) is 60.7 Å². The third kappa shape index (κ3) is 5.62. The maximum absolute atomic E-state index is 11.6. The van der Waals surface area contributed by atoms with Crippen LogP contribution in [0.15, 0.2) is 33.7 Å². The summed E-state index contributed by atoms with van der Waals surface area (Å²) in [7, 11) is 3.58. The Hall–Kier alpha value is -0.830. The van der Waals surface area contributed by atoms with Gasteiger partial charge in [-0.15, -0.1) is 24.0 Å². The lowest BCUT2D eigenvalue weighted by atomic mass is 9.64. The van der Waals surface area contributed by atoms with Crippen LogP contribution in [0.25, 0.3) is 0 Å². The first-order valence-electron chi connectivity index (χ1n) is 9.98. The van der Waals surface area contributed by atoms with Gasteiger partial charge in [0.25, 0.3) is 0 Å². The van der Waals surface area contributed by atoms with E-state index in [0.717, 1.165) is 42.9 Å². The molecule has 1 heterocycles. The second-order valence-corrected chi connectivity index (χ2v) is 8.77. The van der Waals surface area contributed by atoms with Crippen molar-refractivity contribution in [3.63, 3.8) is 0 Å². The lowest BCUT2D eigenvalue weighted by Crippen LogP contribution is -2.51. The van der Waals surface area contributed by atoms with E-state index in [9.17, 15) is 4.79 Å². The number of nitrogens with zero attached hydrogens (tertiary/aromatic N) is 2. The van der Waals surface area contributed by atoms with Gasteiger partial charge in [0, 0.05) is 50.0 Å². The van der Waals surface area contributed by atoms with Crippen LogP contribution in [0, 0.1) is 5.92 Å². The normalized spacial score (nSPS) is 19.4. The minimum atomic E-state index is 0. The van der Waals surface area contributed by atoms with Gasteiger partial charge < -0.3 is 15.5 Å². The number of piperidine rings is 1. The van der Waals surface area contributed by atoms with E-state index in [0.29, 0.717) is 12.3 Å². The highest BCUT2D eigenvalue weighted by Gasteiger charge is 2.39. The molecule has 7 heteroatoms. The monoisotopic (exact) mass is 562 g/mol. The first-order valence-corrected chi connectivity index (χ1v) is 10.8. The highest BCUT2D eigenvalue weighted by molar-refractivity contribution is 14.0. The molecule has 3 rings (SSSR count). The van der Waals surface area contributed by atoms with Crippen molar-refractivity contribution in [3.8, 4) is 0 Å². The van der Waals surface area contributed by atoms with Gasteiger partial charge in [0.2, 0.25) is 5.91 Å². The molecule has 156 valence electrons. The Morgan fingerprint density at radius 2 is 2.04 bits per heavy atom. The van der Waals surface area contributed by atoms with Gasteiger partial charge in [0.05, 0.1) is 0 Å². The number of amides is 1. The molecule has 0 bridgehead atoms. The van der Waals surface area contributed by atoms with Crippen LogP contribution in [0.2, 0.25) is 0 Å². The first kappa shape index (κ1) is 23.4. The van der Waals surface area contributed by atoms with Gasteiger partial charge in [-0.2, -0.15) is 0 Å². The zero-order valence-corrected chi connectivity index (χ0v) is 20.8. The molecule has 0 unspecified atom stereocenters. The smallest absolute Gasteiger partial charge is 0.220 e. The van der Waals surface area contributed by atoms with Gasteiger partial charge in [-0.05, 0) is 49.3 Å². The number of hydrogen-bond donors (Lipinski definition) is 2. The average molecular weight is 563 g/mol. The van der Waals surface area contributed by atoms with Crippen LogP contribution in [0.1, 0.15) is 44.1 Å².